The number of nitrogens with zero attached hydrogens (tertiary/aromatic N) is 2. The fourth-order valence-corrected chi connectivity index (χ4v) is 4.52. The summed E-state index contributed by atoms with van der Waals surface area (Å²) in [6.45, 7) is 9.14. The van der Waals surface area contributed by atoms with E-state index in [-0.39, 0.29) is 29.9 Å². The van der Waals surface area contributed by atoms with E-state index in [9.17, 15) is 4.79 Å². The van der Waals surface area contributed by atoms with Gasteiger partial charge >= 0.3 is 13.2 Å². The van der Waals surface area contributed by atoms with Crippen molar-refractivity contribution in [2.24, 2.45) is 0 Å². The van der Waals surface area contributed by atoms with E-state index in [2.05, 4.69) is 32.7 Å². The van der Waals surface area contributed by atoms with Crippen molar-refractivity contribution < 1.29 is 18.8 Å². The number of aromatic nitrogens is 2. The number of benzene rings is 2. The Morgan fingerprint density at radius 2 is 1.77 bits per heavy atom. The monoisotopic (exact) mass is 473 g/mol. The van der Waals surface area contributed by atoms with Crippen LogP contribution in [-0.4, -0.2) is 45.8 Å². The molecule has 8 heteroatoms. The fraction of sp³-hybridized carbons (Fsp3) is 0.407. The normalized spacial score (nSPS) is 20.9. The fourth-order valence-electron chi connectivity index (χ4n) is 4.52. The van der Waals surface area contributed by atoms with Gasteiger partial charge in [0.1, 0.15) is 12.4 Å². The van der Waals surface area contributed by atoms with Crippen molar-refractivity contribution in [3.05, 3.63) is 72.2 Å². The van der Waals surface area contributed by atoms with Crippen molar-refractivity contribution in [3.63, 3.8) is 0 Å². The van der Waals surface area contributed by atoms with E-state index < -0.39 is 7.12 Å². The van der Waals surface area contributed by atoms with Gasteiger partial charge in [0.05, 0.1) is 22.9 Å². The lowest BCUT2D eigenvalue weighted by atomic mass is 9.79. The topological polar surface area (TPSA) is 76.7 Å². The van der Waals surface area contributed by atoms with Gasteiger partial charge in [0.2, 0.25) is 0 Å². The van der Waals surface area contributed by atoms with Crippen molar-refractivity contribution in [2.45, 2.75) is 64.4 Å². The van der Waals surface area contributed by atoms with E-state index >= 15 is 0 Å². The number of nitrogens with one attached hydrogen (secondary N) is 1. The Kier molecular flexibility index (Phi) is 6.19. The lowest BCUT2D eigenvalue weighted by Gasteiger charge is -2.32. The van der Waals surface area contributed by atoms with Gasteiger partial charge < -0.3 is 19.0 Å². The number of imidazole rings is 1. The molecule has 1 amide bonds. The summed E-state index contributed by atoms with van der Waals surface area (Å²) in [6.07, 6.45) is 3.37. The number of carbonyl (C=O) groups is 1. The molecule has 0 radical (unpaired) electrons. The van der Waals surface area contributed by atoms with Gasteiger partial charge in [-0.2, -0.15) is 0 Å². The summed E-state index contributed by atoms with van der Waals surface area (Å²) in [5.74, 6) is 0.782. The van der Waals surface area contributed by atoms with Gasteiger partial charge in [-0.05, 0) is 51.6 Å². The Bertz CT molecular complexity index is 1160. The van der Waals surface area contributed by atoms with Gasteiger partial charge in [-0.15, -0.1) is 0 Å². The molecule has 0 saturated carbocycles. The van der Waals surface area contributed by atoms with Crippen LogP contribution in [0.3, 0.4) is 0 Å². The summed E-state index contributed by atoms with van der Waals surface area (Å²) in [6, 6.07) is 17.7. The third kappa shape index (κ3) is 4.73. The van der Waals surface area contributed by atoms with Crippen molar-refractivity contribution in [2.75, 3.05) is 6.54 Å². The molecule has 1 aromatic heterocycles. The number of amides is 1. The quantitative estimate of drug-likeness (QED) is 0.537. The molecule has 1 atom stereocenters. The summed E-state index contributed by atoms with van der Waals surface area (Å²) in [5.41, 5.74) is 3.03. The molecule has 2 aliphatic rings. The van der Waals surface area contributed by atoms with Crippen LogP contribution in [0.4, 0.5) is 4.79 Å². The van der Waals surface area contributed by atoms with Crippen LogP contribution in [0.2, 0.25) is 0 Å². The minimum absolute atomic E-state index is 0.115. The molecule has 3 aromatic rings. The molecule has 2 saturated heterocycles. The average molecular weight is 473 g/mol. The molecule has 7 nitrogen and oxygen atoms in total. The van der Waals surface area contributed by atoms with E-state index in [0.29, 0.717) is 6.54 Å². The second-order valence-electron chi connectivity index (χ2n) is 10.3. The lowest BCUT2D eigenvalue weighted by Crippen LogP contribution is -2.41. The Hall–Kier alpha value is -3.10. The number of rotatable bonds is 5. The smallest absolute Gasteiger partial charge is 0.445 e. The Labute approximate surface area is 206 Å². The lowest BCUT2D eigenvalue weighted by molar-refractivity contribution is 0.00578. The first-order valence-electron chi connectivity index (χ1n) is 12.2. The predicted octanol–water partition coefficient (Wildman–Crippen LogP) is 4.85. The zero-order chi connectivity index (χ0) is 24.6. The van der Waals surface area contributed by atoms with E-state index in [1.807, 2.05) is 60.8 Å². The highest BCUT2D eigenvalue weighted by molar-refractivity contribution is 6.62. The van der Waals surface area contributed by atoms with Crippen molar-refractivity contribution in [1.82, 2.24) is 14.9 Å². The molecule has 0 unspecified atom stereocenters. The van der Waals surface area contributed by atoms with Crippen LogP contribution in [-0.2, 0) is 20.7 Å². The molecular formula is C27H32BN3O4. The van der Waals surface area contributed by atoms with E-state index in [1.54, 1.807) is 4.90 Å². The van der Waals surface area contributed by atoms with Crippen LogP contribution in [0.1, 0.15) is 58.0 Å². The van der Waals surface area contributed by atoms with E-state index in [4.69, 9.17) is 19.0 Å². The summed E-state index contributed by atoms with van der Waals surface area (Å²) >= 11 is 0. The second kappa shape index (κ2) is 9.17. The number of carbonyl (C=O) groups excluding carboxylic acids is 1. The van der Waals surface area contributed by atoms with Crippen LogP contribution >= 0.6 is 0 Å². The predicted molar refractivity (Wildman–Crippen MR) is 135 cm³/mol. The molecule has 2 aromatic carbocycles. The molecular weight excluding hydrogens is 441 g/mol. The molecule has 1 N–H and O–H groups in total. The molecule has 2 aliphatic heterocycles. The third-order valence-electron chi connectivity index (χ3n) is 7.34. The summed E-state index contributed by atoms with van der Waals surface area (Å²) in [5, 5.41) is 0. The number of H-pyrrole nitrogens is 1. The van der Waals surface area contributed by atoms with Crippen LogP contribution in [0.5, 0.6) is 0 Å². The van der Waals surface area contributed by atoms with Crippen LogP contribution in [0, 0.1) is 0 Å². The first-order chi connectivity index (χ1) is 16.7. The number of hydrogen-bond donors (Lipinski definition) is 1. The minimum atomic E-state index is -0.391. The van der Waals surface area contributed by atoms with Gasteiger partial charge in [-0.1, -0.05) is 54.6 Å². The molecule has 35 heavy (non-hydrogen) atoms. The number of ether oxygens (including phenoxy) is 1. The zero-order valence-electron chi connectivity index (χ0n) is 20.8. The molecule has 182 valence electrons. The first-order valence-corrected chi connectivity index (χ1v) is 12.2. The molecule has 5 rings (SSSR count). The SMILES string of the molecule is CC1(C)OB(c2ccc(-c3c[nH]c([C@@H]4CCCN4C(=O)OCc4ccccc4)n3)cc2)OC1(C)C. The van der Waals surface area contributed by atoms with E-state index in [1.165, 1.54) is 0 Å². The first kappa shape index (κ1) is 23.6. The van der Waals surface area contributed by atoms with Crippen molar-refractivity contribution >= 4 is 18.7 Å². The summed E-state index contributed by atoms with van der Waals surface area (Å²) in [4.78, 5) is 22.6. The highest BCUT2D eigenvalue weighted by Crippen LogP contribution is 2.37. The van der Waals surface area contributed by atoms with Crippen LogP contribution in [0.15, 0.2) is 60.8 Å². The second-order valence-corrected chi connectivity index (χ2v) is 10.3. The zero-order valence-corrected chi connectivity index (χ0v) is 20.8. The summed E-state index contributed by atoms with van der Waals surface area (Å²) < 4.78 is 17.9. The molecule has 0 aliphatic carbocycles. The number of aromatic amines is 1. The van der Waals surface area contributed by atoms with Gasteiger partial charge in [-0.3, -0.25) is 4.90 Å². The maximum absolute atomic E-state index is 12.8. The molecule has 3 heterocycles. The third-order valence-corrected chi connectivity index (χ3v) is 7.34. The molecule has 2 fully saturated rings. The molecule has 0 spiro atoms. The number of hydrogen-bond acceptors (Lipinski definition) is 5. The Balaban J connectivity index is 1.25. The average Bonchev–Trinajstić information content (AvgIpc) is 3.56. The standard InChI is InChI=1S/C27H32BN3O4/c1-26(2)27(3,4)35-28(34-26)21-14-12-20(13-15-21)22-17-29-24(30-22)23-11-8-16-31(23)25(32)33-18-19-9-6-5-7-10-19/h5-7,9-10,12-15,17,23H,8,11,16,18H2,1-4H3,(H,29,30)/t23-/m0/s1. The van der Waals surface area contributed by atoms with Crippen molar-refractivity contribution in [3.8, 4) is 11.3 Å². The highest BCUT2D eigenvalue weighted by atomic mass is 16.7. The summed E-state index contributed by atoms with van der Waals surface area (Å²) in [7, 11) is -0.391. The van der Waals surface area contributed by atoms with Crippen LogP contribution < -0.4 is 5.46 Å². The van der Waals surface area contributed by atoms with Crippen LogP contribution in [0.25, 0.3) is 11.3 Å². The van der Waals surface area contributed by atoms with Gasteiger partial charge in [0.25, 0.3) is 0 Å². The Morgan fingerprint density at radius 3 is 2.46 bits per heavy atom. The van der Waals surface area contributed by atoms with Gasteiger partial charge in [0, 0.05) is 18.3 Å². The van der Waals surface area contributed by atoms with E-state index in [0.717, 1.165) is 40.9 Å². The van der Waals surface area contributed by atoms with Crippen molar-refractivity contribution in [1.29, 1.82) is 0 Å². The maximum atomic E-state index is 12.8. The Morgan fingerprint density at radius 1 is 1.09 bits per heavy atom. The highest BCUT2D eigenvalue weighted by Gasteiger charge is 2.51. The van der Waals surface area contributed by atoms with Gasteiger partial charge in [0.15, 0.2) is 0 Å². The largest absolute Gasteiger partial charge is 0.494 e. The number of likely N-dealkylation sites (tertiary alicyclic amines) is 1. The minimum Gasteiger partial charge on any atom is -0.445 e. The molecule has 0 bridgehead atoms. The van der Waals surface area contributed by atoms with Gasteiger partial charge in [-0.25, -0.2) is 9.78 Å². The maximum Gasteiger partial charge on any atom is 0.494 e.